The largest absolute Gasteiger partial charge is 0.396 e. The van der Waals surface area contributed by atoms with Crippen molar-refractivity contribution < 1.29 is 5.11 Å². The van der Waals surface area contributed by atoms with Gasteiger partial charge in [-0.05, 0) is 36.2 Å². The second-order valence-electron chi connectivity index (χ2n) is 5.22. The van der Waals surface area contributed by atoms with E-state index < -0.39 is 0 Å². The number of fused-ring (bicyclic) bond motifs is 1. The van der Waals surface area contributed by atoms with Gasteiger partial charge in [0.05, 0.1) is 23.6 Å². The van der Waals surface area contributed by atoms with E-state index in [1.807, 2.05) is 28.7 Å². The zero-order valence-corrected chi connectivity index (χ0v) is 13.1. The van der Waals surface area contributed by atoms with Gasteiger partial charge in [-0.2, -0.15) is 0 Å². The van der Waals surface area contributed by atoms with Gasteiger partial charge in [0.2, 0.25) is 0 Å². The summed E-state index contributed by atoms with van der Waals surface area (Å²) in [5, 5.41) is 11.0. The molecule has 4 rings (SSSR count). The molecule has 116 valence electrons. The number of nitrogens with zero attached hydrogens (tertiary/aromatic N) is 5. The highest BCUT2D eigenvalue weighted by Crippen LogP contribution is 2.24. The van der Waals surface area contributed by atoms with E-state index >= 15 is 0 Å². The lowest BCUT2D eigenvalue weighted by Crippen LogP contribution is -1.99. The standard InChI is InChI=1S/C16H15N5OS/c22-7-1-5-20-11-18-14-8-13(2-3-15(14)20)21-6-4-17-16(21)12-9-19-23-10-12/h2-4,6,8-11,22H,1,5,7H2. The van der Waals surface area contributed by atoms with Crippen LogP contribution in [0.1, 0.15) is 6.42 Å². The highest BCUT2D eigenvalue weighted by Gasteiger charge is 2.10. The maximum atomic E-state index is 8.98. The van der Waals surface area contributed by atoms with Crippen LogP contribution in [0.2, 0.25) is 0 Å². The maximum Gasteiger partial charge on any atom is 0.146 e. The van der Waals surface area contributed by atoms with E-state index in [4.69, 9.17) is 5.11 Å². The fraction of sp³-hybridized carbons (Fsp3) is 0.188. The Kier molecular flexibility index (Phi) is 3.64. The summed E-state index contributed by atoms with van der Waals surface area (Å²) < 4.78 is 8.25. The number of aryl methyl sites for hydroxylation is 1. The van der Waals surface area contributed by atoms with Crippen molar-refractivity contribution in [3.05, 3.63) is 48.5 Å². The summed E-state index contributed by atoms with van der Waals surface area (Å²) in [5.74, 6) is 0.873. The molecule has 0 saturated heterocycles. The Hall–Kier alpha value is -2.51. The van der Waals surface area contributed by atoms with Crippen molar-refractivity contribution in [3.8, 4) is 17.1 Å². The molecule has 0 fully saturated rings. The quantitative estimate of drug-likeness (QED) is 0.612. The molecule has 7 heteroatoms. The van der Waals surface area contributed by atoms with Crippen LogP contribution in [-0.2, 0) is 6.54 Å². The average Bonchev–Trinajstić information content (AvgIpc) is 3.31. The molecule has 4 aromatic rings. The fourth-order valence-electron chi connectivity index (χ4n) is 2.66. The molecule has 23 heavy (non-hydrogen) atoms. The minimum Gasteiger partial charge on any atom is -0.396 e. The van der Waals surface area contributed by atoms with Crippen molar-refractivity contribution in [2.75, 3.05) is 6.61 Å². The van der Waals surface area contributed by atoms with Crippen molar-refractivity contribution in [1.29, 1.82) is 0 Å². The van der Waals surface area contributed by atoms with E-state index in [2.05, 4.69) is 37.1 Å². The summed E-state index contributed by atoms with van der Waals surface area (Å²) in [5.41, 5.74) is 4.03. The first-order chi connectivity index (χ1) is 11.4. The molecule has 0 aliphatic rings. The third kappa shape index (κ3) is 2.54. The van der Waals surface area contributed by atoms with Gasteiger partial charge in [0.1, 0.15) is 5.82 Å². The van der Waals surface area contributed by atoms with Gasteiger partial charge in [-0.25, -0.2) is 14.3 Å². The summed E-state index contributed by atoms with van der Waals surface area (Å²) in [6, 6.07) is 6.17. The molecule has 0 radical (unpaired) electrons. The molecular formula is C16H15N5OS. The van der Waals surface area contributed by atoms with Gasteiger partial charge in [-0.1, -0.05) is 0 Å². The van der Waals surface area contributed by atoms with E-state index in [0.717, 1.165) is 41.1 Å². The molecule has 3 heterocycles. The Morgan fingerprint density at radius 1 is 1.22 bits per heavy atom. The average molecular weight is 325 g/mol. The second-order valence-corrected chi connectivity index (χ2v) is 5.88. The van der Waals surface area contributed by atoms with Crippen LogP contribution in [0.25, 0.3) is 28.1 Å². The van der Waals surface area contributed by atoms with Crippen LogP contribution in [0.4, 0.5) is 0 Å². The first kappa shape index (κ1) is 14.1. The molecule has 0 aliphatic heterocycles. The van der Waals surface area contributed by atoms with E-state index in [1.54, 1.807) is 6.20 Å². The molecule has 1 aromatic carbocycles. The molecule has 0 bridgehead atoms. The molecule has 6 nitrogen and oxygen atoms in total. The summed E-state index contributed by atoms with van der Waals surface area (Å²) in [6.07, 6.45) is 8.10. The lowest BCUT2D eigenvalue weighted by atomic mass is 10.2. The van der Waals surface area contributed by atoms with E-state index in [1.165, 1.54) is 11.5 Å². The molecule has 0 amide bonds. The van der Waals surface area contributed by atoms with Crippen LogP contribution in [0.15, 0.2) is 48.5 Å². The molecule has 0 aliphatic carbocycles. The van der Waals surface area contributed by atoms with Crippen LogP contribution in [0.3, 0.4) is 0 Å². The molecule has 0 atom stereocenters. The highest BCUT2D eigenvalue weighted by molar-refractivity contribution is 7.03. The second kappa shape index (κ2) is 5.94. The lowest BCUT2D eigenvalue weighted by molar-refractivity contribution is 0.280. The minimum absolute atomic E-state index is 0.185. The van der Waals surface area contributed by atoms with Crippen LogP contribution < -0.4 is 0 Å². The highest BCUT2D eigenvalue weighted by atomic mass is 32.1. The molecule has 0 spiro atoms. The molecular weight excluding hydrogens is 310 g/mol. The van der Waals surface area contributed by atoms with E-state index in [-0.39, 0.29) is 6.61 Å². The predicted molar refractivity (Wildman–Crippen MR) is 89.7 cm³/mol. The van der Waals surface area contributed by atoms with Crippen LogP contribution in [0.5, 0.6) is 0 Å². The van der Waals surface area contributed by atoms with Crippen molar-refractivity contribution in [1.82, 2.24) is 23.5 Å². The van der Waals surface area contributed by atoms with Gasteiger partial charge in [0, 0.05) is 42.2 Å². The predicted octanol–water partition coefficient (Wildman–Crippen LogP) is 2.73. The van der Waals surface area contributed by atoms with Gasteiger partial charge in [-0.15, -0.1) is 0 Å². The number of aliphatic hydroxyl groups excluding tert-OH is 1. The topological polar surface area (TPSA) is 68.8 Å². The molecule has 3 aromatic heterocycles. The SMILES string of the molecule is OCCCn1cnc2cc(-n3ccnc3-c3cnsc3)ccc21. The Morgan fingerprint density at radius 3 is 3.00 bits per heavy atom. The smallest absolute Gasteiger partial charge is 0.146 e. The molecule has 1 N–H and O–H groups in total. The van der Waals surface area contributed by atoms with Crippen molar-refractivity contribution >= 4 is 22.6 Å². The first-order valence-corrected chi connectivity index (χ1v) is 8.20. The van der Waals surface area contributed by atoms with Gasteiger partial charge in [0.15, 0.2) is 0 Å². The summed E-state index contributed by atoms with van der Waals surface area (Å²) in [7, 11) is 0. The maximum absolute atomic E-state index is 8.98. The number of hydrogen-bond donors (Lipinski definition) is 1. The lowest BCUT2D eigenvalue weighted by Gasteiger charge is -2.07. The summed E-state index contributed by atoms with van der Waals surface area (Å²) >= 11 is 1.42. The van der Waals surface area contributed by atoms with Gasteiger partial charge >= 0.3 is 0 Å². The zero-order chi connectivity index (χ0) is 15.6. The fourth-order valence-corrected chi connectivity index (χ4v) is 3.18. The zero-order valence-electron chi connectivity index (χ0n) is 12.3. The Labute approximate surface area is 136 Å². The van der Waals surface area contributed by atoms with Crippen LogP contribution >= 0.6 is 11.5 Å². The van der Waals surface area contributed by atoms with E-state index in [0.29, 0.717) is 0 Å². The number of hydrogen-bond acceptors (Lipinski definition) is 5. The van der Waals surface area contributed by atoms with Crippen molar-refractivity contribution in [3.63, 3.8) is 0 Å². The normalized spacial score (nSPS) is 11.3. The first-order valence-electron chi connectivity index (χ1n) is 7.36. The minimum atomic E-state index is 0.185. The Morgan fingerprint density at radius 2 is 2.17 bits per heavy atom. The van der Waals surface area contributed by atoms with Crippen LogP contribution in [0, 0.1) is 0 Å². The Bertz CT molecular complexity index is 925. The van der Waals surface area contributed by atoms with Crippen molar-refractivity contribution in [2.45, 2.75) is 13.0 Å². The third-order valence-corrected chi connectivity index (χ3v) is 4.36. The number of aromatic nitrogens is 5. The van der Waals surface area contributed by atoms with Crippen LogP contribution in [-0.4, -0.2) is 35.2 Å². The number of rotatable bonds is 5. The number of aliphatic hydroxyl groups is 1. The summed E-state index contributed by atoms with van der Waals surface area (Å²) in [4.78, 5) is 8.91. The van der Waals surface area contributed by atoms with Crippen molar-refractivity contribution in [2.24, 2.45) is 0 Å². The monoisotopic (exact) mass is 325 g/mol. The van der Waals surface area contributed by atoms with Gasteiger partial charge in [0.25, 0.3) is 0 Å². The number of imidazole rings is 2. The van der Waals surface area contributed by atoms with Gasteiger partial charge in [-0.3, -0.25) is 4.57 Å². The number of benzene rings is 1. The summed E-state index contributed by atoms with van der Waals surface area (Å²) in [6.45, 7) is 0.952. The van der Waals surface area contributed by atoms with Gasteiger partial charge < -0.3 is 9.67 Å². The Balaban J connectivity index is 1.75. The molecule has 0 saturated carbocycles. The third-order valence-electron chi connectivity index (χ3n) is 3.77. The van der Waals surface area contributed by atoms with E-state index in [9.17, 15) is 0 Å². The molecule has 0 unspecified atom stereocenters.